The van der Waals surface area contributed by atoms with Gasteiger partial charge in [0.2, 0.25) is 5.91 Å². The number of benzene rings is 1. The van der Waals surface area contributed by atoms with Crippen molar-refractivity contribution in [1.29, 1.82) is 0 Å². The number of hydrogen-bond donors (Lipinski definition) is 0. The van der Waals surface area contributed by atoms with Crippen LogP contribution in [0.25, 0.3) is 6.08 Å². The molecule has 2 aromatic rings. The number of hydrogen-bond acceptors (Lipinski definition) is 6. The predicted octanol–water partition coefficient (Wildman–Crippen LogP) is 3.68. The molecular weight excluding hydrogens is 368 g/mol. The highest BCUT2D eigenvalue weighted by atomic mass is 32.1. The van der Waals surface area contributed by atoms with Crippen LogP contribution in [0.15, 0.2) is 29.7 Å². The van der Waals surface area contributed by atoms with Gasteiger partial charge >= 0.3 is 0 Å². The molecule has 3 heterocycles. The Hall–Kier alpha value is -2.71. The Kier molecular flexibility index (Phi) is 4.67. The van der Waals surface area contributed by atoms with Crippen molar-refractivity contribution in [3.63, 3.8) is 0 Å². The predicted molar refractivity (Wildman–Crippen MR) is 101 cm³/mol. The van der Waals surface area contributed by atoms with Gasteiger partial charge in [0.1, 0.15) is 5.75 Å². The van der Waals surface area contributed by atoms with Crippen LogP contribution in [0.2, 0.25) is 0 Å². The topological polar surface area (TPSA) is 81.9 Å². The lowest BCUT2D eigenvalue weighted by Gasteiger charge is -2.32. The second-order valence-electron chi connectivity index (χ2n) is 6.48. The van der Waals surface area contributed by atoms with E-state index < -0.39 is 4.92 Å². The molecule has 8 heteroatoms. The third-order valence-corrected chi connectivity index (χ3v) is 5.90. The zero-order chi connectivity index (χ0) is 19.0. The molecule has 1 unspecified atom stereocenters. The third-order valence-electron chi connectivity index (χ3n) is 4.90. The second kappa shape index (κ2) is 7.13. The Balaban J connectivity index is 1.60. The Morgan fingerprint density at radius 2 is 2.30 bits per heavy atom. The third kappa shape index (κ3) is 3.33. The fourth-order valence-corrected chi connectivity index (χ4v) is 4.49. The summed E-state index contributed by atoms with van der Waals surface area (Å²) in [5.41, 5.74) is 2.26. The zero-order valence-electron chi connectivity index (χ0n) is 14.7. The largest absolute Gasteiger partial charge is 0.467 e. The van der Waals surface area contributed by atoms with Crippen LogP contribution in [0.5, 0.6) is 5.75 Å². The number of carbonyl (C=O) groups excluding carboxylic acids is 1. The van der Waals surface area contributed by atoms with E-state index in [9.17, 15) is 14.9 Å². The molecule has 0 fully saturated rings. The van der Waals surface area contributed by atoms with Crippen LogP contribution in [0.4, 0.5) is 5.69 Å². The lowest BCUT2D eigenvalue weighted by molar-refractivity contribution is -0.385. The summed E-state index contributed by atoms with van der Waals surface area (Å²) in [6.07, 6.45) is 3.91. The van der Waals surface area contributed by atoms with E-state index >= 15 is 0 Å². The van der Waals surface area contributed by atoms with Crippen LogP contribution in [0.3, 0.4) is 0 Å². The van der Waals surface area contributed by atoms with Gasteiger partial charge in [0.25, 0.3) is 5.69 Å². The summed E-state index contributed by atoms with van der Waals surface area (Å²) in [6, 6.07) is 4.95. The quantitative estimate of drug-likeness (QED) is 0.457. The lowest BCUT2D eigenvalue weighted by atomic mass is 10.0. The SMILES string of the molecule is CC1c2ccsc2CCN1C(=O)/C=C/c1cc([N+](=O)[O-])cc2c1OCOC2. The minimum absolute atomic E-state index is 0.0147. The first-order chi connectivity index (χ1) is 13.0. The Bertz CT molecular complexity index is 936. The number of thiophene rings is 1. The standard InChI is InChI=1S/C19H18N2O5S/c1-12-16-5-7-27-17(16)4-6-20(12)18(22)3-2-13-8-15(21(23)24)9-14-10-25-11-26-19(13)14/h2-3,5,7-9,12H,4,6,10-11H2,1H3/b3-2+. The van der Waals surface area contributed by atoms with Crippen molar-refractivity contribution in [1.82, 2.24) is 4.90 Å². The number of amides is 1. The first-order valence-corrected chi connectivity index (χ1v) is 9.49. The van der Waals surface area contributed by atoms with E-state index in [0.29, 0.717) is 23.4 Å². The summed E-state index contributed by atoms with van der Waals surface area (Å²) in [7, 11) is 0. The first kappa shape index (κ1) is 17.7. The first-order valence-electron chi connectivity index (χ1n) is 8.61. The fraction of sp³-hybridized carbons (Fsp3) is 0.316. The maximum Gasteiger partial charge on any atom is 0.270 e. The van der Waals surface area contributed by atoms with E-state index in [1.54, 1.807) is 17.4 Å². The minimum Gasteiger partial charge on any atom is -0.467 e. The monoisotopic (exact) mass is 386 g/mol. The van der Waals surface area contributed by atoms with E-state index in [4.69, 9.17) is 9.47 Å². The van der Waals surface area contributed by atoms with Crippen molar-refractivity contribution >= 4 is 29.0 Å². The molecule has 0 bridgehead atoms. The molecule has 7 nitrogen and oxygen atoms in total. The van der Waals surface area contributed by atoms with Gasteiger partial charge in [0, 0.05) is 40.8 Å². The van der Waals surface area contributed by atoms with Gasteiger partial charge in [-0.05, 0) is 36.4 Å². The molecule has 0 saturated carbocycles. The molecule has 0 aliphatic carbocycles. The van der Waals surface area contributed by atoms with Crippen LogP contribution < -0.4 is 4.74 Å². The molecule has 4 rings (SSSR count). The van der Waals surface area contributed by atoms with Crippen LogP contribution in [0.1, 0.15) is 34.5 Å². The van der Waals surface area contributed by atoms with E-state index in [0.717, 1.165) is 6.42 Å². The van der Waals surface area contributed by atoms with Crippen molar-refractivity contribution in [3.8, 4) is 5.75 Å². The maximum absolute atomic E-state index is 12.7. The smallest absolute Gasteiger partial charge is 0.270 e. The summed E-state index contributed by atoms with van der Waals surface area (Å²) in [5.74, 6) is 0.411. The van der Waals surface area contributed by atoms with E-state index in [2.05, 4.69) is 11.4 Å². The highest BCUT2D eigenvalue weighted by Gasteiger charge is 2.27. The van der Waals surface area contributed by atoms with Gasteiger partial charge in [-0.15, -0.1) is 11.3 Å². The molecule has 0 N–H and O–H groups in total. The van der Waals surface area contributed by atoms with Crippen molar-refractivity contribution < 1.29 is 19.2 Å². The average molecular weight is 386 g/mol. The highest BCUT2D eigenvalue weighted by Crippen LogP contribution is 2.35. The number of nitrogens with zero attached hydrogens (tertiary/aromatic N) is 2. The van der Waals surface area contributed by atoms with Crippen molar-refractivity contribution in [2.24, 2.45) is 0 Å². The minimum atomic E-state index is -0.459. The number of ether oxygens (including phenoxy) is 2. The van der Waals surface area contributed by atoms with Crippen LogP contribution >= 0.6 is 11.3 Å². The average Bonchev–Trinajstić information content (AvgIpc) is 3.15. The van der Waals surface area contributed by atoms with Crippen molar-refractivity contribution in [2.75, 3.05) is 13.3 Å². The van der Waals surface area contributed by atoms with Crippen molar-refractivity contribution in [2.45, 2.75) is 26.0 Å². The lowest BCUT2D eigenvalue weighted by Crippen LogP contribution is -2.37. The summed E-state index contributed by atoms with van der Waals surface area (Å²) < 4.78 is 10.7. The highest BCUT2D eigenvalue weighted by molar-refractivity contribution is 7.10. The summed E-state index contributed by atoms with van der Waals surface area (Å²) in [5, 5.41) is 13.2. The molecule has 0 saturated heterocycles. The molecule has 0 radical (unpaired) electrons. The molecule has 1 aromatic heterocycles. The maximum atomic E-state index is 12.7. The molecule has 1 aromatic carbocycles. The van der Waals surface area contributed by atoms with Gasteiger partial charge in [-0.25, -0.2) is 0 Å². The van der Waals surface area contributed by atoms with Crippen LogP contribution in [-0.4, -0.2) is 29.1 Å². The fourth-order valence-electron chi connectivity index (χ4n) is 3.53. The van der Waals surface area contributed by atoms with E-state index in [-0.39, 0.29) is 31.0 Å². The number of fused-ring (bicyclic) bond motifs is 2. The molecule has 27 heavy (non-hydrogen) atoms. The van der Waals surface area contributed by atoms with Gasteiger partial charge in [-0.3, -0.25) is 14.9 Å². The molecule has 140 valence electrons. The molecular formula is C19H18N2O5S. The van der Waals surface area contributed by atoms with Crippen LogP contribution in [-0.2, 0) is 22.6 Å². The zero-order valence-corrected chi connectivity index (χ0v) is 15.5. The van der Waals surface area contributed by atoms with E-state index in [1.807, 2.05) is 11.8 Å². The Morgan fingerprint density at radius 3 is 3.11 bits per heavy atom. The Morgan fingerprint density at radius 1 is 1.44 bits per heavy atom. The number of nitro groups is 1. The molecule has 0 spiro atoms. The number of nitro benzene ring substituents is 1. The second-order valence-corrected chi connectivity index (χ2v) is 7.48. The molecule has 2 aliphatic rings. The van der Waals surface area contributed by atoms with Gasteiger partial charge in [-0.1, -0.05) is 0 Å². The van der Waals surface area contributed by atoms with Gasteiger partial charge in [-0.2, -0.15) is 0 Å². The summed E-state index contributed by atoms with van der Waals surface area (Å²) in [4.78, 5) is 26.6. The number of non-ortho nitro benzene ring substituents is 1. The summed E-state index contributed by atoms with van der Waals surface area (Å²) >= 11 is 1.72. The normalized spacial score (nSPS) is 18.7. The van der Waals surface area contributed by atoms with Gasteiger partial charge in [0.15, 0.2) is 6.79 Å². The van der Waals surface area contributed by atoms with Crippen LogP contribution in [0, 0.1) is 10.1 Å². The van der Waals surface area contributed by atoms with Crippen molar-refractivity contribution in [3.05, 3.63) is 61.3 Å². The summed E-state index contributed by atoms with van der Waals surface area (Å²) in [6.45, 7) is 3.01. The number of carbonyl (C=O) groups is 1. The Labute approximate surface area is 160 Å². The van der Waals surface area contributed by atoms with Gasteiger partial charge < -0.3 is 14.4 Å². The van der Waals surface area contributed by atoms with Gasteiger partial charge in [0.05, 0.1) is 17.6 Å². The number of rotatable bonds is 3. The van der Waals surface area contributed by atoms with E-state index in [1.165, 1.54) is 28.6 Å². The molecule has 1 atom stereocenters. The molecule has 1 amide bonds. The molecule has 2 aliphatic heterocycles.